The minimum absolute atomic E-state index is 0.326. The number of hydrogen-bond acceptors (Lipinski definition) is 3. The first kappa shape index (κ1) is 17.1. The lowest BCUT2D eigenvalue weighted by molar-refractivity contribution is 0.518. The predicted octanol–water partition coefficient (Wildman–Crippen LogP) is 2.42. The van der Waals surface area contributed by atoms with Gasteiger partial charge in [0.05, 0.1) is 4.90 Å². The van der Waals surface area contributed by atoms with Gasteiger partial charge >= 0.3 is 0 Å². The van der Waals surface area contributed by atoms with Gasteiger partial charge in [-0.05, 0) is 56.0 Å². The molecule has 0 radical (unpaired) electrons. The predicted molar refractivity (Wildman–Crippen MR) is 96.6 cm³/mol. The van der Waals surface area contributed by atoms with E-state index in [-0.39, 0.29) is 0 Å². The van der Waals surface area contributed by atoms with Crippen molar-refractivity contribution in [3.05, 3.63) is 65.2 Å². The van der Waals surface area contributed by atoms with Gasteiger partial charge in [0, 0.05) is 12.6 Å². The highest BCUT2D eigenvalue weighted by Crippen LogP contribution is 2.21. The number of benzene rings is 2. The lowest BCUT2D eigenvalue weighted by Gasteiger charge is -2.12. The standard InChI is InChI=1S/C19H24N2O2S/c1-15-7-9-19(10-8-15)24(22,23)21-12-4-11-20-18-13-16-5-2-3-6-17(16)14-18/h2-3,5-10,18,20-21H,4,11-14H2,1H3. The second-order valence-corrected chi connectivity index (χ2v) is 8.16. The first-order chi connectivity index (χ1) is 11.5. The van der Waals surface area contributed by atoms with E-state index in [2.05, 4.69) is 34.3 Å². The van der Waals surface area contributed by atoms with Crippen LogP contribution in [0.2, 0.25) is 0 Å². The molecule has 0 fully saturated rings. The lowest BCUT2D eigenvalue weighted by atomic mass is 10.1. The molecule has 4 nitrogen and oxygen atoms in total. The van der Waals surface area contributed by atoms with Crippen molar-refractivity contribution >= 4 is 10.0 Å². The largest absolute Gasteiger partial charge is 0.313 e. The first-order valence-electron chi connectivity index (χ1n) is 8.41. The molecule has 0 bridgehead atoms. The molecule has 0 spiro atoms. The van der Waals surface area contributed by atoms with Gasteiger partial charge in [-0.1, -0.05) is 42.0 Å². The Hall–Kier alpha value is -1.69. The lowest BCUT2D eigenvalue weighted by Crippen LogP contribution is -2.33. The number of fused-ring (bicyclic) bond motifs is 1. The van der Waals surface area contributed by atoms with Crippen LogP contribution < -0.4 is 10.0 Å². The van der Waals surface area contributed by atoms with Gasteiger partial charge in [0.1, 0.15) is 0 Å². The maximum absolute atomic E-state index is 12.2. The van der Waals surface area contributed by atoms with Crippen LogP contribution in [0.15, 0.2) is 53.4 Å². The Kier molecular flexibility index (Phi) is 5.33. The molecule has 2 aromatic rings. The molecule has 3 rings (SSSR count). The van der Waals surface area contributed by atoms with E-state index in [9.17, 15) is 8.42 Å². The zero-order valence-electron chi connectivity index (χ0n) is 14.0. The SMILES string of the molecule is Cc1ccc(S(=O)(=O)NCCCNC2Cc3ccccc3C2)cc1. The smallest absolute Gasteiger partial charge is 0.240 e. The van der Waals surface area contributed by atoms with Crippen molar-refractivity contribution in [3.8, 4) is 0 Å². The number of rotatable bonds is 7. The van der Waals surface area contributed by atoms with Crippen LogP contribution in [0.3, 0.4) is 0 Å². The molecular formula is C19H24N2O2S. The molecule has 1 aliphatic carbocycles. The molecule has 0 aromatic heterocycles. The summed E-state index contributed by atoms with van der Waals surface area (Å²) >= 11 is 0. The van der Waals surface area contributed by atoms with Crippen molar-refractivity contribution in [1.29, 1.82) is 0 Å². The van der Waals surface area contributed by atoms with Crippen LogP contribution in [0.5, 0.6) is 0 Å². The highest BCUT2D eigenvalue weighted by atomic mass is 32.2. The normalized spacial score (nSPS) is 14.7. The van der Waals surface area contributed by atoms with Crippen molar-refractivity contribution in [2.75, 3.05) is 13.1 Å². The Morgan fingerprint density at radius 1 is 0.958 bits per heavy atom. The molecule has 0 amide bonds. The zero-order valence-corrected chi connectivity index (χ0v) is 14.8. The van der Waals surface area contributed by atoms with Gasteiger partial charge in [-0.2, -0.15) is 0 Å². The molecule has 5 heteroatoms. The van der Waals surface area contributed by atoms with Crippen molar-refractivity contribution < 1.29 is 8.42 Å². The molecule has 0 aliphatic heterocycles. The summed E-state index contributed by atoms with van der Waals surface area (Å²) in [6.45, 7) is 3.20. The second-order valence-electron chi connectivity index (χ2n) is 6.39. The molecule has 1 aliphatic rings. The van der Waals surface area contributed by atoms with E-state index < -0.39 is 10.0 Å². The molecule has 0 saturated heterocycles. The molecule has 0 unspecified atom stereocenters. The maximum atomic E-state index is 12.2. The number of sulfonamides is 1. The summed E-state index contributed by atoms with van der Waals surface area (Å²) in [5.74, 6) is 0. The van der Waals surface area contributed by atoms with E-state index in [1.54, 1.807) is 12.1 Å². The monoisotopic (exact) mass is 344 g/mol. The van der Waals surface area contributed by atoms with Gasteiger partial charge in [-0.3, -0.25) is 0 Å². The molecular weight excluding hydrogens is 320 g/mol. The molecule has 0 atom stereocenters. The summed E-state index contributed by atoms with van der Waals surface area (Å²) in [7, 11) is -3.40. The fourth-order valence-corrected chi connectivity index (χ4v) is 4.18. The van der Waals surface area contributed by atoms with Gasteiger partial charge in [-0.25, -0.2) is 13.1 Å². The fourth-order valence-electron chi connectivity index (χ4n) is 3.11. The third-order valence-electron chi connectivity index (χ3n) is 4.46. The van der Waals surface area contributed by atoms with E-state index in [1.165, 1.54) is 11.1 Å². The highest BCUT2D eigenvalue weighted by molar-refractivity contribution is 7.89. The fraction of sp³-hybridized carbons (Fsp3) is 0.368. The van der Waals surface area contributed by atoms with Crippen LogP contribution in [-0.2, 0) is 22.9 Å². The third kappa shape index (κ3) is 4.23. The van der Waals surface area contributed by atoms with Crippen LogP contribution >= 0.6 is 0 Å². The maximum Gasteiger partial charge on any atom is 0.240 e. The van der Waals surface area contributed by atoms with E-state index in [0.717, 1.165) is 31.4 Å². The number of aryl methyl sites for hydroxylation is 1. The van der Waals surface area contributed by atoms with E-state index in [1.807, 2.05) is 19.1 Å². The van der Waals surface area contributed by atoms with Gasteiger partial charge in [0.25, 0.3) is 0 Å². The quantitative estimate of drug-likeness (QED) is 0.759. The van der Waals surface area contributed by atoms with Crippen molar-refractivity contribution in [3.63, 3.8) is 0 Å². The molecule has 2 aromatic carbocycles. The first-order valence-corrected chi connectivity index (χ1v) is 9.89. The Morgan fingerprint density at radius 3 is 2.21 bits per heavy atom. The van der Waals surface area contributed by atoms with Crippen molar-refractivity contribution in [2.24, 2.45) is 0 Å². The van der Waals surface area contributed by atoms with Crippen LogP contribution in [0, 0.1) is 6.92 Å². The molecule has 24 heavy (non-hydrogen) atoms. The Morgan fingerprint density at radius 2 is 1.58 bits per heavy atom. The van der Waals surface area contributed by atoms with Gasteiger partial charge in [-0.15, -0.1) is 0 Å². The van der Waals surface area contributed by atoms with Gasteiger partial charge in [0.15, 0.2) is 0 Å². The van der Waals surface area contributed by atoms with Crippen molar-refractivity contribution in [2.45, 2.75) is 37.1 Å². The summed E-state index contributed by atoms with van der Waals surface area (Å²) in [5.41, 5.74) is 3.90. The minimum atomic E-state index is -3.40. The topological polar surface area (TPSA) is 58.2 Å². The molecule has 128 valence electrons. The second kappa shape index (κ2) is 7.47. The zero-order chi connectivity index (χ0) is 17.0. The number of hydrogen-bond donors (Lipinski definition) is 2. The third-order valence-corrected chi connectivity index (χ3v) is 5.94. The molecule has 2 N–H and O–H groups in total. The van der Waals surface area contributed by atoms with E-state index in [0.29, 0.717) is 17.5 Å². The Labute approximate surface area is 144 Å². The highest BCUT2D eigenvalue weighted by Gasteiger charge is 2.20. The van der Waals surface area contributed by atoms with Crippen LogP contribution in [-0.4, -0.2) is 27.5 Å². The average molecular weight is 344 g/mol. The average Bonchev–Trinajstić information content (AvgIpc) is 2.97. The Bertz CT molecular complexity index is 760. The molecule has 0 heterocycles. The minimum Gasteiger partial charge on any atom is -0.313 e. The van der Waals surface area contributed by atoms with Crippen LogP contribution in [0.1, 0.15) is 23.1 Å². The van der Waals surface area contributed by atoms with Crippen LogP contribution in [0.4, 0.5) is 0 Å². The summed E-state index contributed by atoms with van der Waals surface area (Å²) in [5, 5.41) is 3.53. The summed E-state index contributed by atoms with van der Waals surface area (Å²) in [6.07, 6.45) is 2.90. The summed E-state index contributed by atoms with van der Waals surface area (Å²) in [6, 6.07) is 15.9. The Balaban J connectivity index is 1.39. The van der Waals surface area contributed by atoms with E-state index >= 15 is 0 Å². The van der Waals surface area contributed by atoms with E-state index in [4.69, 9.17) is 0 Å². The number of nitrogens with one attached hydrogen (secondary N) is 2. The van der Waals surface area contributed by atoms with Gasteiger partial charge < -0.3 is 5.32 Å². The molecule has 0 saturated carbocycles. The van der Waals surface area contributed by atoms with Crippen LogP contribution in [0.25, 0.3) is 0 Å². The van der Waals surface area contributed by atoms with Gasteiger partial charge in [0.2, 0.25) is 10.0 Å². The summed E-state index contributed by atoms with van der Waals surface area (Å²) < 4.78 is 27.0. The summed E-state index contributed by atoms with van der Waals surface area (Å²) in [4.78, 5) is 0.326. The van der Waals surface area contributed by atoms with Crippen molar-refractivity contribution in [1.82, 2.24) is 10.0 Å².